The Balaban J connectivity index is 2.10. The van der Waals surface area contributed by atoms with E-state index in [1.807, 2.05) is 0 Å². The number of aromatic nitrogens is 3. The first-order valence-electron chi connectivity index (χ1n) is 7.79. The number of nitrogens with one attached hydrogen (secondary N) is 1. The van der Waals surface area contributed by atoms with Crippen LogP contribution in [0.1, 0.15) is 5.56 Å². The molecule has 0 aliphatic carbocycles. The SMILES string of the molecule is C=CCNc1cc(-c2cccc(C(F)(F)F)c2)nc(-c2cccnc2)n1. The molecule has 26 heavy (non-hydrogen) atoms. The number of hydrogen-bond acceptors (Lipinski definition) is 4. The molecule has 0 aliphatic heterocycles. The van der Waals surface area contributed by atoms with E-state index in [9.17, 15) is 13.2 Å². The van der Waals surface area contributed by atoms with Crippen LogP contribution in [0.4, 0.5) is 19.0 Å². The van der Waals surface area contributed by atoms with Crippen molar-refractivity contribution >= 4 is 5.82 Å². The molecule has 0 aliphatic rings. The molecule has 0 bridgehead atoms. The first-order valence-corrected chi connectivity index (χ1v) is 7.79. The smallest absolute Gasteiger partial charge is 0.366 e. The fourth-order valence-electron chi connectivity index (χ4n) is 2.34. The van der Waals surface area contributed by atoms with Crippen LogP contribution >= 0.6 is 0 Å². The molecule has 2 heterocycles. The molecular weight excluding hydrogens is 341 g/mol. The molecule has 0 saturated carbocycles. The lowest BCUT2D eigenvalue weighted by Crippen LogP contribution is -2.06. The highest BCUT2D eigenvalue weighted by Gasteiger charge is 2.30. The number of rotatable bonds is 5. The quantitative estimate of drug-likeness (QED) is 0.666. The summed E-state index contributed by atoms with van der Waals surface area (Å²) >= 11 is 0. The molecule has 0 amide bonds. The van der Waals surface area contributed by atoms with E-state index in [2.05, 4.69) is 26.8 Å². The summed E-state index contributed by atoms with van der Waals surface area (Å²) in [5.74, 6) is 0.866. The first-order chi connectivity index (χ1) is 12.5. The summed E-state index contributed by atoms with van der Waals surface area (Å²) in [5.41, 5.74) is 0.686. The minimum Gasteiger partial charge on any atom is -0.366 e. The summed E-state index contributed by atoms with van der Waals surface area (Å²) in [6.07, 6.45) is 0.467. The van der Waals surface area contributed by atoms with Gasteiger partial charge in [-0.25, -0.2) is 9.97 Å². The molecule has 1 N–H and O–H groups in total. The zero-order valence-corrected chi connectivity index (χ0v) is 13.7. The average molecular weight is 356 g/mol. The molecule has 3 aromatic rings. The molecule has 0 fully saturated rings. The number of nitrogens with zero attached hydrogens (tertiary/aromatic N) is 3. The van der Waals surface area contributed by atoms with Gasteiger partial charge in [0.1, 0.15) is 5.82 Å². The van der Waals surface area contributed by atoms with Crippen LogP contribution in [0.2, 0.25) is 0 Å². The van der Waals surface area contributed by atoms with E-state index >= 15 is 0 Å². The van der Waals surface area contributed by atoms with Gasteiger partial charge in [0.25, 0.3) is 0 Å². The van der Waals surface area contributed by atoms with E-state index < -0.39 is 11.7 Å². The monoisotopic (exact) mass is 356 g/mol. The van der Waals surface area contributed by atoms with Crippen LogP contribution in [-0.2, 0) is 6.18 Å². The van der Waals surface area contributed by atoms with Gasteiger partial charge >= 0.3 is 6.18 Å². The van der Waals surface area contributed by atoms with E-state index in [1.54, 1.807) is 42.7 Å². The minimum atomic E-state index is -4.42. The van der Waals surface area contributed by atoms with Gasteiger partial charge in [-0.15, -0.1) is 6.58 Å². The highest BCUT2D eigenvalue weighted by molar-refractivity contribution is 5.67. The van der Waals surface area contributed by atoms with Crippen LogP contribution in [0.25, 0.3) is 22.6 Å². The van der Waals surface area contributed by atoms with Crippen molar-refractivity contribution in [3.05, 3.63) is 73.1 Å². The third kappa shape index (κ3) is 4.05. The topological polar surface area (TPSA) is 50.7 Å². The van der Waals surface area contributed by atoms with Crippen molar-refractivity contribution in [1.82, 2.24) is 15.0 Å². The van der Waals surface area contributed by atoms with Gasteiger partial charge < -0.3 is 5.32 Å². The van der Waals surface area contributed by atoms with Crippen LogP contribution in [0.3, 0.4) is 0 Å². The predicted molar refractivity (Wildman–Crippen MR) is 94.4 cm³/mol. The van der Waals surface area contributed by atoms with Crippen LogP contribution in [-0.4, -0.2) is 21.5 Å². The van der Waals surface area contributed by atoms with Crippen molar-refractivity contribution < 1.29 is 13.2 Å². The van der Waals surface area contributed by atoms with Crippen molar-refractivity contribution in [3.63, 3.8) is 0 Å². The van der Waals surface area contributed by atoms with Crippen molar-refractivity contribution in [2.75, 3.05) is 11.9 Å². The summed E-state index contributed by atoms with van der Waals surface area (Å²) in [7, 11) is 0. The van der Waals surface area contributed by atoms with Crippen LogP contribution in [0.5, 0.6) is 0 Å². The lowest BCUT2D eigenvalue weighted by molar-refractivity contribution is -0.137. The number of hydrogen-bond donors (Lipinski definition) is 1. The summed E-state index contributed by atoms with van der Waals surface area (Å²) in [6, 6.07) is 10.2. The van der Waals surface area contributed by atoms with E-state index in [0.29, 0.717) is 35.0 Å². The van der Waals surface area contributed by atoms with Gasteiger partial charge in [0, 0.05) is 36.1 Å². The van der Waals surface area contributed by atoms with Gasteiger partial charge in [-0.3, -0.25) is 4.98 Å². The van der Waals surface area contributed by atoms with Crippen LogP contribution in [0.15, 0.2) is 67.5 Å². The zero-order valence-electron chi connectivity index (χ0n) is 13.7. The molecule has 7 heteroatoms. The van der Waals surface area contributed by atoms with Gasteiger partial charge in [-0.05, 0) is 24.3 Å². The first kappa shape index (κ1) is 17.6. The molecule has 0 unspecified atom stereocenters. The number of halogens is 3. The maximum Gasteiger partial charge on any atom is 0.416 e. The summed E-state index contributed by atoms with van der Waals surface area (Å²) in [4.78, 5) is 12.9. The van der Waals surface area contributed by atoms with Crippen LogP contribution in [0, 0.1) is 0 Å². The largest absolute Gasteiger partial charge is 0.416 e. The minimum absolute atomic E-state index is 0.356. The Morgan fingerprint density at radius 1 is 1.04 bits per heavy atom. The van der Waals surface area contributed by atoms with Crippen molar-refractivity contribution in [2.24, 2.45) is 0 Å². The highest BCUT2D eigenvalue weighted by atomic mass is 19.4. The molecule has 0 atom stereocenters. The van der Waals surface area contributed by atoms with Gasteiger partial charge in [-0.1, -0.05) is 18.2 Å². The van der Waals surface area contributed by atoms with E-state index in [4.69, 9.17) is 0 Å². The number of pyridine rings is 1. The van der Waals surface area contributed by atoms with Gasteiger partial charge in [-0.2, -0.15) is 13.2 Å². The van der Waals surface area contributed by atoms with Gasteiger partial charge in [0.15, 0.2) is 5.82 Å². The van der Waals surface area contributed by atoms with Crippen LogP contribution < -0.4 is 5.32 Å². The van der Waals surface area contributed by atoms with E-state index in [0.717, 1.165) is 12.1 Å². The third-order valence-electron chi connectivity index (χ3n) is 3.56. The number of alkyl halides is 3. The fraction of sp³-hybridized carbons (Fsp3) is 0.105. The second kappa shape index (κ2) is 7.35. The van der Waals surface area contributed by atoms with E-state index in [1.165, 1.54) is 6.07 Å². The number of anilines is 1. The van der Waals surface area contributed by atoms with Gasteiger partial charge in [0.05, 0.1) is 11.3 Å². The van der Waals surface area contributed by atoms with E-state index in [-0.39, 0.29) is 0 Å². The molecule has 1 aromatic carbocycles. The molecular formula is C19H15F3N4. The predicted octanol–water partition coefficient (Wildman–Crippen LogP) is 4.82. The average Bonchev–Trinajstić information content (AvgIpc) is 2.66. The van der Waals surface area contributed by atoms with Crippen molar-refractivity contribution in [2.45, 2.75) is 6.18 Å². The molecule has 2 aromatic heterocycles. The maximum atomic E-state index is 13.0. The van der Waals surface area contributed by atoms with Crippen molar-refractivity contribution in [3.8, 4) is 22.6 Å². The highest BCUT2D eigenvalue weighted by Crippen LogP contribution is 2.32. The summed E-state index contributed by atoms with van der Waals surface area (Å²) < 4.78 is 39.0. The second-order valence-electron chi connectivity index (χ2n) is 5.45. The molecule has 0 radical (unpaired) electrons. The summed E-state index contributed by atoms with van der Waals surface area (Å²) in [6.45, 7) is 4.10. The Morgan fingerprint density at radius 3 is 2.54 bits per heavy atom. The Bertz CT molecular complexity index is 908. The number of benzene rings is 1. The van der Waals surface area contributed by atoms with Crippen molar-refractivity contribution in [1.29, 1.82) is 0 Å². The van der Waals surface area contributed by atoms with Gasteiger partial charge in [0.2, 0.25) is 0 Å². The second-order valence-corrected chi connectivity index (χ2v) is 5.45. The normalized spacial score (nSPS) is 11.2. The lowest BCUT2D eigenvalue weighted by Gasteiger charge is -2.11. The summed E-state index contributed by atoms with van der Waals surface area (Å²) in [5, 5.41) is 3.05. The Hall–Kier alpha value is -3.22. The Morgan fingerprint density at radius 2 is 1.85 bits per heavy atom. The third-order valence-corrected chi connectivity index (χ3v) is 3.56. The molecule has 3 rings (SSSR count). The Labute approximate surface area is 148 Å². The zero-order chi connectivity index (χ0) is 18.6. The molecule has 0 spiro atoms. The molecule has 4 nitrogen and oxygen atoms in total. The molecule has 132 valence electrons. The lowest BCUT2D eigenvalue weighted by atomic mass is 10.1. The fourth-order valence-corrected chi connectivity index (χ4v) is 2.34. The Kier molecular flexibility index (Phi) is 4.97. The molecule has 0 saturated heterocycles. The maximum absolute atomic E-state index is 13.0. The standard InChI is InChI=1S/C19H15F3N4/c1-2-8-24-17-11-16(13-5-3-7-15(10-13)19(20,21)22)25-18(26-17)14-6-4-9-23-12-14/h2-7,9-12H,1,8H2,(H,24,25,26).